The van der Waals surface area contributed by atoms with Gasteiger partial charge in [-0.05, 0) is 28.5 Å². The zero-order valence-electron chi connectivity index (χ0n) is 16.2. The second-order valence-corrected chi connectivity index (χ2v) is 7.23. The Morgan fingerprint density at radius 1 is 0.667 bits per heavy atom. The van der Waals surface area contributed by atoms with E-state index in [9.17, 15) is 9.59 Å². The minimum absolute atomic E-state index is 0.178. The van der Waals surface area contributed by atoms with Crippen LogP contribution in [0, 0.1) is 0 Å². The number of hydrogen-bond acceptors (Lipinski definition) is 3. The van der Waals surface area contributed by atoms with Crippen molar-refractivity contribution in [1.29, 1.82) is 0 Å². The first-order chi connectivity index (χ1) is 14.7. The second kappa shape index (κ2) is 7.45. The Balaban J connectivity index is 1.46. The summed E-state index contributed by atoms with van der Waals surface area (Å²) in [5.74, 6) is 0.161. The number of fused-ring (bicyclic) bond motifs is 2. The standard InChI is InChI=1S/C27H18O3/c28-26-22-13-4-5-14-23(22)27(29)24(26)16-19-9-2-6-15-25(19)30-17-20-11-7-10-18-8-1-3-12-21(18)20/h1-16H,17H2. The van der Waals surface area contributed by atoms with Gasteiger partial charge in [0.1, 0.15) is 12.4 Å². The van der Waals surface area contributed by atoms with Crippen molar-refractivity contribution in [1.82, 2.24) is 0 Å². The van der Waals surface area contributed by atoms with Gasteiger partial charge in [0.25, 0.3) is 0 Å². The van der Waals surface area contributed by atoms with Crippen molar-refractivity contribution in [2.75, 3.05) is 0 Å². The van der Waals surface area contributed by atoms with Crippen LogP contribution in [0.3, 0.4) is 0 Å². The highest BCUT2D eigenvalue weighted by Gasteiger charge is 2.32. The molecule has 0 unspecified atom stereocenters. The van der Waals surface area contributed by atoms with Crippen LogP contribution >= 0.6 is 0 Å². The molecule has 0 amide bonds. The van der Waals surface area contributed by atoms with E-state index in [4.69, 9.17) is 4.74 Å². The molecule has 0 aliphatic heterocycles. The molecule has 0 saturated carbocycles. The maximum atomic E-state index is 12.7. The van der Waals surface area contributed by atoms with Gasteiger partial charge in [-0.25, -0.2) is 0 Å². The number of carbonyl (C=O) groups excluding carboxylic acids is 2. The quantitative estimate of drug-likeness (QED) is 0.323. The number of Topliss-reactive ketones (excluding diaryl/α,β-unsaturated/α-hetero) is 2. The highest BCUT2D eigenvalue weighted by Crippen LogP contribution is 2.30. The summed E-state index contributed by atoms with van der Waals surface area (Å²) in [6, 6.07) is 28.7. The fraction of sp³-hybridized carbons (Fsp3) is 0.0370. The molecule has 0 aromatic heterocycles. The summed E-state index contributed by atoms with van der Waals surface area (Å²) in [4.78, 5) is 25.4. The molecule has 0 heterocycles. The summed E-state index contributed by atoms with van der Waals surface area (Å²) in [5, 5.41) is 2.31. The van der Waals surface area contributed by atoms with Gasteiger partial charge in [-0.1, -0.05) is 84.9 Å². The van der Waals surface area contributed by atoms with Crippen LogP contribution in [0.15, 0.2) is 96.6 Å². The lowest BCUT2D eigenvalue weighted by atomic mass is 10.0. The van der Waals surface area contributed by atoms with Crippen LogP contribution in [0.25, 0.3) is 16.8 Å². The fourth-order valence-electron chi connectivity index (χ4n) is 3.86. The van der Waals surface area contributed by atoms with Crippen molar-refractivity contribution in [2.45, 2.75) is 6.61 Å². The molecule has 0 radical (unpaired) electrons. The first-order valence-electron chi connectivity index (χ1n) is 9.81. The molecule has 0 fully saturated rings. The molecule has 1 aliphatic carbocycles. The van der Waals surface area contributed by atoms with Crippen LogP contribution in [-0.4, -0.2) is 11.6 Å². The number of para-hydroxylation sites is 1. The predicted octanol–water partition coefficient (Wildman–Crippen LogP) is 5.88. The number of benzene rings is 4. The lowest BCUT2D eigenvalue weighted by Crippen LogP contribution is -2.02. The fourth-order valence-corrected chi connectivity index (χ4v) is 3.86. The Labute approximate surface area is 174 Å². The molecular weight excluding hydrogens is 372 g/mol. The average molecular weight is 390 g/mol. The SMILES string of the molecule is O=C1C(=Cc2ccccc2OCc2cccc3ccccc23)C(=O)c2ccccc21. The van der Waals surface area contributed by atoms with Gasteiger partial charge in [0, 0.05) is 16.7 Å². The molecule has 0 bridgehead atoms. The monoisotopic (exact) mass is 390 g/mol. The third kappa shape index (κ3) is 3.11. The van der Waals surface area contributed by atoms with E-state index in [1.54, 1.807) is 30.3 Å². The molecule has 0 N–H and O–H groups in total. The van der Waals surface area contributed by atoms with E-state index in [2.05, 4.69) is 18.2 Å². The topological polar surface area (TPSA) is 43.4 Å². The van der Waals surface area contributed by atoms with Crippen LogP contribution in [0.5, 0.6) is 5.75 Å². The summed E-state index contributed by atoms with van der Waals surface area (Å²) in [6.45, 7) is 0.393. The Kier molecular flexibility index (Phi) is 4.49. The minimum Gasteiger partial charge on any atom is -0.488 e. The molecule has 5 rings (SSSR count). The molecule has 144 valence electrons. The molecule has 4 aromatic carbocycles. The second-order valence-electron chi connectivity index (χ2n) is 7.23. The van der Waals surface area contributed by atoms with Crippen LogP contribution < -0.4 is 4.74 Å². The van der Waals surface area contributed by atoms with E-state index in [1.165, 1.54) is 0 Å². The molecule has 3 heteroatoms. The molecule has 0 saturated heterocycles. The van der Waals surface area contributed by atoms with E-state index in [0.29, 0.717) is 29.0 Å². The molecule has 0 atom stereocenters. The van der Waals surface area contributed by atoms with Crippen LogP contribution in [-0.2, 0) is 6.61 Å². The Morgan fingerprint density at radius 2 is 1.30 bits per heavy atom. The number of allylic oxidation sites excluding steroid dienone is 1. The third-order valence-electron chi connectivity index (χ3n) is 5.39. The van der Waals surface area contributed by atoms with E-state index in [0.717, 1.165) is 16.3 Å². The lowest BCUT2D eigenvalue weighted by Gasteiger charge is -2.11. The summed E-state index contributed by atoms with van der Waals surface area (Å²) in [6.07, 6.45) is 1.64. The third-order valence-corrected chi connectivity index (χ3v) is 5.39. The van der Waals surface area contributed by atoms with Gasteiger partial charge >= 0.3 is 0 Å². The van der Waals surface area contributed by atoms with Gasteiger partial charge in [-0.3, -0.25) is 9.59 Å². The summed E-state index contributed by atoms with van der Waals surface area (Å²) in [7, 11) is 0. The summed E-state index contributed by atoms with van der Waals surface area (Å²) < 4.78 is 6.12. The molecule has 0 spiro atoms. The van der Waals surface area contributed by atoms with Gasteiger partial charge in [-0.2, -0.15) is 0 Å². The first-order valence-corrected chi connectivity index (χ1v) is 9.81. The summed E-state index contributed by atoms with van der Waals surface area (Å²) >= 11 is 0. The Bertz CT molecular complexity index is 1290. The largest absolute Gasteiger partial charge is 0.488 e. The predicted molar refractivity (Wildman–Crippen MR) is 118 cm³/mol. The smallest absolute Gasteiger partial charge is 0.197 e. The number of ketones is 2. The number of ether oxygens (including phenoxy) is 1. The average Bonchev–Trinajstić information content (AvgIpc) is 3.03. The van der Waals surface area contributed by atoms with Crippen molar-refractivity contribution in [3.8, 4) is 5.75 Å². The molecule has 30 heavy (non-hydrogen) atoms. The van der Waals surface area contributed by atoms with Crippen molar-refractivity contribution in [3.63, 3.8) is 0 Å². The zero-order chi connectivity index (χ0) is 20.5. The van der Waals surface area contributed by atoms with Gasteiger partial charge in [0.2, 0.25) is 0 Å². The first kappa shape index (κ1) is 18.1. The number of rotatable bonds is 4. The van der Waals surface area contributed by atoms with E-state index in [-0.39, 0.29) is 17.1 Å². The van der Waals surface area contributed by atoms with Gasteiger partial charge in [0.05, 0.1) is 5.57 Å². The number of hydrogen-bond donors (Lipinski definition) is 0. The van der Waals surface area contributed by atoms with Crippen molar-refractivity contribution in [2.24, 2.45) is 0 Å². The lowest BCUT2D eigenvalue weighted by molar-refractivity contribution is 0.0990. The number of carbonyl (C=O) groups is 2. The molecule has 3 nitrogen and oxygen atoms in total. The highest BCUT2D eigenvalue weighted by atomic mass is 16.5. The van der Waals surface area contributed by atoms with Crippen molar-refractivity contribution in [3.05, 3.63) is 119 Å². The Morgan fingerprint density at radius 3 is 2.10 bits per heavy atom. The Hall–Kier alpha value is -3.98. The van der Waals surface area contributed by atoms with Crippen LogP contribution in [0.1, 0.15) is 31.8 Å². The van der Waals surface area contributed by atoms with Crippen molar-refractivity contribution < 1.29 is 14.3 Å². The van der Waals surface area contributed by atoms with Crippen LogP contribution in [0.2, 0.25) is 0 Å². The normalized spacial score (nSPS) is 12.9. The van der Waals surface area contributed by atoms with Gasteiger partial charge in [-0.15, -0.1) is 0 Å². The molecular formula is C27H18O3. The molecule has 4 aromatic rings. The maximum Gasteiger partial charge on any atom is 0.197 e. The van der Waals surface area contributed by atoms with E-state index >= 15 is 0 Å². The van der Waals surface area contributed by atoms with Gasteiger partial charge < -0.3 is 4.74 Å². The zero-order valence-corrected chi connectivity index (χ0v) is 16.2. The van der Waals surface area contributed by atoms with Crippen molar-refractivity contribution >= 4 is 28.4 Å². The summed E-state index contributed by atoms with van der Waals surface area (Å²) in [5.41, 5.74) is 2.89. The highest BCUT2D eigenvalue weighted by molar-refractivity contribution is 6.41. The van der Waals surface area contributed by atoms with E-state index < -0.39 is 0 Å². The molecule has 1 aliphatic rings. The maximum absolute atomic E-state index is 12.7. The van der Waals surface area contributed by atoms with Crippen LogP contribution in [0.4, 0.5) is 0 Å². The minimum atomic E-state index is -0.237. The van der Waals surface area contributed by atoms with E-state index in [1.807, 2.05) is 48.5 Å². The van der Waals surface area contributed by atoms with Gasteiger partial charge in [0.15, 0.2) is 11.6 Å².